The molecule has 5 aliphatic rings. The number of anilines is 11. The third-order valence-corrected chi connectivity index (χ3v) is 33.5. The highest BCUT2D eigenvalue weighted by Crippen LogP contribution is 2.34. The van der Waals surface area contributed by atoms with Gasteiger partial charge in [0.1, 0.15) is 0 Å². The maximum atomic E-state index is 12.3. The number of hydrogen-bond acceptors (Lipinski definition) is 24. The summed E-state index contributed by atoms with van der Waals surface area (Å²) in [6, 6.07) is 50.9. The number of piperazine rings is 3. The fraction of sp³-hybridized carbons (Fsp3) is 0.560. The minimum absolute atomic E-state index is 0.0382. The number of rotatable bonds is 38. The number of unbranched alkanes of at least 4 members (excludes halogenated alkanes) is 4. The van der Waals surface area contributed by atoms with Gasteiger partial charge in [-0.05, 0) is 301 Å². The average Bonchev–Trinajstić information content (AvgIpc) is 0.831. The van der Waals surface area contributed by atoms with Crippen molar-refractivity contribution >= 4 is 127 Å². The fourth-order valence-electron chi connectivity index (χ4n) is 15.7. The molecule has 6 aromatic carbocycles. The molecule has 0 bridgehead atoms. The number of sulfonamides is 4. The summed E-state index contributed by atoms with van der Waals surface area (Å²) in [5.74, 6) is 1.97. The zero-order valence-electron chi connectivity index (χ0n) is 82.6. The Morgan fingerprint density at radius 3 is 0.860 bits per heavy atom. The molecule has 0 spiro atoms. The van der Waals surface area contributed by atoms with Gasteiger partial charge in [0, 0.05) is 225 Å². The summed E-state index contributed by atoms with van der Waals surface area (Å²) in [7, 11) is -10.1. The van der Waals surface area contributed by atoms with Crippen molar-refractivity contribution in [3.05, 3.63) is 164 Å². The monoisotopic (exact) mass is 1960 g/mol. The molecule has 5 aliphatic heterocycles. The van der Waals surface area contributed by atoms with E-state index < -0.39 is 59.1 Å². The lowest BCUT2D eigenvalue weighted by atomic mass is 9.99. The van der Waals surface area contributed by atoms with Crippen LogP contribution >= 0.6 is 0 Å². The van der Waals surface area contributed by atoms with Crippen LogP contribution in [0.3, 0.4) is 0 Å². The second-order valence-electron chi connectivity index (χ2n) is 38.9. The Bertz CT molecular complexity index is 5140. The first-order valence-electron chi connectivity index (χ1n) is 48.1. The highest BCUT2D eigenvalue weighted by molar-refractivity contribution is 7.91. The first kappa shape index (κ1) is 110. The molecule has 4 amide bonds. The van der Waals surface area contributed by atoms with Crippen LogP contribution in [-0.2, 0) is 59.3 Å². The number of likely N-dealkylation sites (tertiary alicyclic amines) is 1. The van der Waals surface area contributed by atoms with Gasteiger partial charge >= 0.3 is 0 Å². The number of amides is 4. The van der Waals surface area contributed by atoms with Crippen LogP contribution in [0.15, 0.2) is 164 Å². The molecule has 136 heavy (non-hydrogen) atoms. The van der Waals surface area contributed by atoms with Crippen molar-refractivity contribution in [1.29, 1.82) is 0 Å². The van der Waals surface area contributed by atoms with Crippen LogP contribution in [0.4, 0.5) is 62.8 Å². The quantitative estimate of drug-likeness (QED) is 0.0167. The zero-order valence-corrected chi connectivity index (χ0v) is 85.9. The molecule has 6 heterocycles. The van der Waals surface area contributed by atoms with Crippen LogP contribution in [0.25, 0.3) is 0 Å². The summed E-state index contributed by atoms with van der Waals surface area (Å²) in [4.78, 5) is 76.7. The Morgan fingerprint density at radius 2 is 0.574 bits per heavy atom. The molecule has 5 saturated heterocycles. The highest BCUT2D eigenvalue weighted by atomic mass is 32.2. The van der Waals surface area contributed by atoms with Gasteiger partial charge in [0.2, 0.25) is 69.7 Å². The van der Waals surface area contributed by atoms with Gasteiger partial charge < -0.3 is 69.9 Å². The first-order valence-corrected chi connectivity index (χ1v) is 54.0. The molecule has 12 rings (SSSR count). The Morgan fingerprint density at radius 1 is 0.309 bits per heavy atom. The minimum atomic E-state index is -3.35. The van der Waals surface area contributed by atoms with Crippen LogP contribution in [0.2, 0.25) is 0 Å². The lowest BCUT2D eigenvalue weighted by molar-refractivity contribution is -0.117. The molecule has 0 radical (unpaired) electrons. The summed E-state index contributed by atoms with van der Waals surface area (Å²) in [5.41, 5.74) is 10.1. The van der Waals surface area contributed by atoms with E-state index in [0.29, 0.717) is 103 Å². The number of aromatic nitrogens is 2. The minimum Gasteiger partial charge on any atom is -0.493 e. The van der Waals surface area contributed by atoms with Gasteiger partial charge in [0.15, 0.2) is 11.5 Å². The Labute approximate surface area is 810 Å². The molecule has 750 valence electrons. The SMILES string of the molecule is CC(C)(C)S(=O)(=O)NCCCCC(=O)Nc1ccc(N2CCC(N3CCCCC3)CC2)cc1.CC(C)(C)S(=O)(=O)NCCCCC(=O)Nc1ccc(N2CCN(c3ccccc3)CC2)cc1.CC(C)(C)S(=O)(=O)NCCCCC(=O)Nc1ccc(N2CCN(c3ncccn3)CC2)cc1.COc1ccc(N2CCN(c3ccc(NC(=O)CCCCNS(=O)(=O)C(C)(C)C)cc3)CC2)cc1OC. The average molecular weight is 1960 g/mol. The molecular formula is C100H152N18O14S4. The smallest absolute Gasteiger partial charge is 0.225 e. The predicted molar refractivity (Wildman–Crippen MR) is 554 cm³/mol. The zero-order chi connectivity index (χ0) is 98.8. The van der Waals surface area contributed by atoms with Gasteiger partial charge in [-0.1, -0.05) is 24.6 Å². The first-order chi connectivity index (χ1) is 64.5. The van der Waals surface area contributed by atoms with Gasteiger partial charge in [-0.3, -0.25) is 19.2 Å². The maximum absolute atomic E-state index is 12.3. The van der Waals surface area contributed by atoms with E-state index in [-0.39, 0.29) is 23.6 Å². The number of methoxy groups -OCH3 is 2. The molecule has 0 atom stereocenters. The number of benzene rings is 6. The van der Waals surface area contributed by atoms with Crippen molar-refractivity contribution in [2.24, 2.45) is 0 Å². The van der Waals surface area contributed by atoms with Crippen LogP contribution in [0.1, 0.15) is 192 Å². The van der Waals surface area contributed by atoms with Crippen molar-refractivity contribution in [1.82, 2.24) is 33.8 Å². The van der Waals surface area contributed by atoms with E-state index in [9.17, 15) is 52.8 Å². The van der Waals surface area contributed by atoms with Crippen molar-refractivity contribution < 1.29 is 62.3 Å². The number of carbonyl (C=O) groups is 4. The number of para-hydroxylation sites is 1. The molecule has 0 saturated carbocycles. The Hall–Kier alpha value is -9.92. The summed E-state index contributed by atoms with van der Waals surface area (Å²) in [5, 5.41) is 11.7. The highest BCUT2D eigenvalue weighted by Gasteiger charge is 2.33. The summed E-state index contributed by atoms with van der Waals surface area (Å²) in [6.45, 7) is 37.0. The Kier molecular flexibility index (Phi) is 42.1. The second-order valence-corrected chi connectivity index (χ2v) is 49.0. The van der Waals surface area contributed by atoms with Gasteiger partial charge in [-0.2, -0.15) is 0 Å². The number of nitrogens with zero attached hydrogens (tertiary/aromatic N) is 10. The second kappa shape index (κ2) is 52.2. The molecule has 7 aromatic rings. The van der Waals surface area contributed by atoms with Crippen molar-refractivity contribution in [3.8, 4) is 11.5 Å². The largest absolute Gasteiger partial charge is 0.493 e. The van der Waals surface area contributed by atoms with E-state index in [1.54, 1.807) is 110 Å². The van der Waals surface area contributed by atoms with E-state index >= 15 is 0 Å². The molecule has 32 nitrogen and oxygen atoms in total. The fourth-order valence-corrected chi connectivity index (χ4v) is 19.1. The molecule has 5 fully saturated rings. The molecule has 36 heteroatoms. The normalized spacial score (nSPS) is 15.7. The topological polar surface area (TPSA) is 371 Å². The van der Waals surface area contributed by atoms with Crippen LogP contribution in [0.5, 0.6) is 11.5 Å². The lowest BCUT2D eigenvalue weighted by Gasteiger charge is -2.41. The third-order valence-electron chi connectivity index (χ3n) is 24.7. The lowest BCUT2D eigenvalue weighted by Crippen LogP contribution is -2.47. The van der Waals surface area contributed by atoms with Crippen LogP contribution < -0.4 is 83.9 Å². The van der Waals surface area contributed by atoms with Gasteiger partial charge in [0.05, 0.1) is 33.2 Å². The molecule has 1 aromatic heterocycles. The van der Waals surface area contributed by atoms with Crippen molar-refractivity contribution in [2.45, 2.75) is 217 Å². The van der Waals surface area contributed by atoms with E-state index in [1.807, 2.05) is 97.1 Å². The molecular weight excluding hydrogens is 1810 g/mol. The van der Waals surface area contributed by atoms with Crippen LogP contribution in [0, 0.1) is 0 Å². The van der Waals surface area contributed by atoms with Gasteiger partial charge in [0.25, 0.3) is 0 Å². The number of piperidine rings is 2. The number of ether oxygens (including phenoxy) is 2. The molecule has 8 N–H and O–H groups in total. The predicted octanol–water partition coefficient (Wildman–Crippen LogP) is 14.3. The maximum Gasteiger partial charge on any atom is 0.225 e. The van der Waals surface area contributed by atoms with Gasteiger partial charge in [-0.15, -0.1) is 0 Å². The number of carbonyl (C=O) groups excluding carboxylic acids is 4. The van der Waals surface area contributed by atoms with E-state index in [0.717, 1.165) is 161 Å². The third kappa shape index (κ3) is 35.2. The molecule has 0 aliphatic carbocycles. The van der Waals surface area contributed by atoms with Crippen molar-refractivity contribution in [2.75, 3.05) is 201 Å². The van der Waals surface area contributed by atoms with Crippen LogP contribution in [-0.4, -0.2) is 242 Å². The number of nitrogens with one attached hydrogen (secondary N) is 8. The summed E-state index contributed by atoms with van der Waals surface area (Å²) >= 11 is 0. The number of hydrogen-bond donors (Lipinski definition) is 8. The summed E-state index contributed by atoms with van der Waals surface area (Å²) < 4.78 is 114. The van der Waals surface area contributed by atoms with E-state index in [4.69, 9.17) is 9.47 Å². The summed E-state index contributed by atoms with van der Waals surface area (Å²) in [6.07, 6.45) is 16.5. The van der Waals surface area contributed by atoms with E-state index in [1.165, 1.54) is 56.6 Å². The Balaban J connectivity index is 0.000000204. The molecule has 0 unspecified atom stereocenters. The van der Waals surface area contributed by atoms with E-state index in [2.05, 4.69) is 144 Å². The van der Waals surface area contributed by atoms with Gasteiger partial charge in [-0.25, -0.2) is 62.5 Å². The van der Waals surface area contributed by atoms with Crippen molar-refractivity contribution in [3.63, 3.8) is 0 Å². The standard InChI is InChI=1S/C27H40N4O5S.C25H42N4O3S.C25H36N4O3S.C23H34N6O3S/c1-27(2,3)37(33,34)28-15-7-6-8-26(32)29-21-9-11-22(12-10-21)30-16-18-31(19-17-30)23-13-14-24(35-4)25(20-23)36-5;1-25(2,3)33(31,32)26-16-6-5-9-24(30)27-21-10-12-22(13-11-21)29-19-14-23(15-20-29)28-17-7-4-8-18-28;1-25(2,3)33(31,32)26-16-8-7-11-24(30)27-21-12-14-23(15-13-21)29-19-17-28(18-20-29)22-9-5-4-6-10-22;1-23(2,3)33(31,32)26-14-5-4-7-21(30)27-19-8-10-20(11-9-19)28-15-17-29(18-16-28)22-24-12-6-13-25-22/h9-14,20,28H,6-8,15-19H2,1-5H3,(H,29,32);10-13,23,26H,4-9,14-20H2,1-3H3,(H,27,30);4-6,9-10,12-15,26H,7-8,11,16-20H2,1-3H3,(H,27,30);6,8-13,26H,4-5,7,14-18H2,1-3H3,(H,27,30).